The van der Waals surface area contributed by atoms with Gasteiger partial charge in [0.2, 0.25) is 0 Å². The highest BCUT2D eigenvalue weighted by Crippen LogP contribution is 2.31. The summed E-state index contributed by atoms with van der Waals surface area (Å²) in [4.78, 5) is 6.20. The third-order valence-corrected chi connectivity index (χ3v) is 3.67. The Morgan fingerprint density at radius 2 is 2.00 bits per heavy atom. The van der Waals surface area contributed by atoms with Crippen molar-refractivity contribution in [2.75, 3.05) is 26.0 Å². The van der Waals surface area contributed by atoms with E-state index in [4.69, 9.17) is 4.74 Å². The summed E-state index contributed by atoms with van der Waals surface area (Å²) in [5.41, 5.74) is 2.33. The van der Waals surface area contributed by atoms with Crippen LogP contribution >= 0.6 is 0 Å². The lowest BCUT2D eigenvalue weighted by atomic mass is 10.1. The van der Waals surface area contributed by atoms with Crippen LogP contribution in [0, 0.1) is 18.6 Å². The summed E-state index contributed by atoms with van der Waals surface area (Å²) in [6, 6.07) is 7.22. The fourth-order valence-corrected chi connectivity index (χ4v) is 2.07. The molecule has 0 saturated heterocycles. The van der Waals surface area contributed by atoms with Gasteiger partial charge < -0.3 is 15.0 Å². The smallest absolute Gasteiger partial charge is 0.167 e. The van der Waals surface area contributed by atoms with E-state index in [1.807, 2.05) is 25.8 Å². The summed E-state index contributed by atoms with van der Waals surface area (Å²) in [5, 5.41) is 3.02. The summed E-state index contributed by atoms with van der Waals surface area (Å²) in [5.74, 6) is -0.743. The summed E-state index contributed by atoms with van der Waals surface area (Å²) in [6.07, 6.45) is 1.65. The Kier molecular flexibility index (Phi) is 5.73. The van der Waals surface area contributed by atoms with Crippen LogP contribution in [-0.2, 0) is 0 Å². The van der Waals surface area contributed by atoms with E-state index < -0.39 is 11.6 Å². The van der Waals surface area contributed by atoms with Gasteiger partial charge in [0.05, 0.1) is 19.1 Å². The molecule has 2 rings (SSSR count). The van der Waals surface area contributed by atoms with Gasteiger partial charge in [-0.05, 0) is 43.7 Å². The zero-order chi connectivity index (χ0) is 17.7. The first-order valence-electron chi connectivity index (χ1n) is 7.59. The van der Waals surface area contributed by atoms with Crippen molar-refractivity contribution in [1.29, 1.82) is 0 Å². The second kappa shape index (κ2) is 7.77. The molecule has 0 atom stereocenters. The minimum Gasteiger partial charge on any atom is -0.494 e. The van der Waals surface area contributed by atoms with Gasteiger partial charge in [0.1, 0.15) is 5.82 Å². The molecule has 128 valence electrons. The molecule has 0 aliphatic heterocycles. The SMILES string of the molecule is CCN(C)/C=N/c1cc(F)cc(Nc2ccc(OC)c(F)c2)c1C. The Hall–Kier alpha value is -2.63. The monoisotopic (exact) mass is 333 g/mol. The fourth-order valence-electron chi connectivity index (χ4n) is 2.07. The Bertz CT molecular complexity index is 747. The number of rotatable bonds is 6. The van der Waals surface area contributed by atoms with E-state index >= 15 is 0 Å². The Morgan fingerprint density at radius 1 is 1.25 bits per heavy atom. The van der Waals surface area contributed by atoms with Crippen LogP contribution in [-0.4, -0.2) is 31.9 Å². The molecular formula is C18H21F2N3O. The van der Waals surface area contributed by atoms with Gasteiger partial charge in [-0.1, -0.05) is 0 Å². The molecule has 0 aliphatic carbocycles. The molecule has 0 radical (unpaired) electrons. The maximum Gasteiger partial charge on any atom is 0.167 e. The zero-order valence-corrected chi connectivity index (χ0v) is 14.2. The Labute approximate surface area is 140 Å². The highest BCUT2D eigenvalue weighted by molar-refractivity contribution is 5.72. The zero-order valence-electron chi connectivity index (χ0n) is 14.2. The van der Waals surface area contributed by atoms with E-state index in [1.54, 1.807) is 12.4 Å². The van der Waals surface area contributed by atoms with E-state index in [0.717, 1.165) is 12.1 Å². The molecule has 0 amide bonds. The van der Waals surface area contributed by atoms with Crippen LogP contribution < -0.4 is 10.1 Å². The van der Waals surface area contributed by atoms with Gasteiger partial charge in [0, 0.05) is 31.0 Å². The largest absolute Gasteiger partial charge is 0.494 e. The molecule has 4 nitrogen and oxygen atoms in total. The average Bonchev–Trinajstić information content (AvgIpc) is 2.56. The number of benzene rings is 2. The van der Waals surface area contributed by atoms with Crippen molar-refractivity contribution in [2.45, 2.75) is 13.8 Å². The number of methoxy groups -OCH3 is 1. The second-order valence-electron chi connectivity index (χ2n) is 5.39. The van der Waals surface area contributed by atoms with Gasteiger partial charge in [-0.15, -0.1) is 0 Å². The minimum atomic E-state index is -0.487. The molecule has 24 heavy (non-hydrogen) atoms. The predicted octanol–water partition coefficient (Wildman–Crippen LogP) is 4.64. The molecule has 0 spiro atoms. The first-order chi connectivity index (χ1) is 11.4. The van der Waals surface area contributed by atoms with Gasteiger partial charge in [-0.2, -0.15) is 0 Å². The van der Waals surface area contributed by atoms with Crippen molar-refractivity contribution in [1.82, 2.24) is 4.90 Å². The second-order valence-corrected chi connectivity index (χ2v) is 5.39. The Morgan fingerprint density at radius 3 is 2.62 bits per heavy atom. The highest BCUT2D eigenvalue weighted by Gasteiger charge is 2.09. The number of ether oxygens (including phenoxy) is 1. The van der Waals surface area contributed by atoms with Crippen molar-refractivity contribution in [2.24, 2.45) is 4.99 Å². The predicted molar refractivity (Wildman–Crippen MR) is 93.8 cm³/mol. The molecule has 6 heteroatoms. The van der Waals surface area contributed by atoms with E-state index in [-0.39, 0.29) is 5.75 Å². The van der Waals surface area contributed by atoms with Crippen LogP contribution in [0.4, 0.5) is 25.8 Å². The number of halogens is 2. The summed E-state index contributed by atoms with van der Waals surface area (Å²) < 4.78 is 32.6. The number of hydrogen-bond donors (Lipinski definition) is 1. The quantitative estimate of drug-likeness (QED) is 0.618. The van der Waals surface area contributed by atoms with Gasteiger partial charge in [-0.25, -0.2) is 13.8 Å². The minimum absolute atomic E-state index is 0.157. The van der Waals surface area contributed by atoms with Crippen molar-refractivity contribution >= 4 is 23.4 Å². The van der Waals surface area contributed by atoms with E-state index in [1.165, 1.54) is 31.4 Å². The molecule has 0 aliphatic rings. The van der Waals surface area contributed by atoms with Crippen molar-refractivity contribution in [3.05, 3.63) is 47.5 Å². The number of nitrogens with one attached hydrogen (secondary N) is 1. The number of hydrogen-bond acceptors (Lipinski definition) is 3. The molecule has 0 bridgehead atoms. The van der Waals surface area contributed by atoms with E-state index in [2.05, 4.69) is 10.3 Å². The van der Waals surface area contributed by atoms with Gasteiger partial charge in [-0.3, -0.25) is 0 Å². The Balaban J connectivity index is 2.32. The van der Waals surface area contributed by atoms with Crippen LogP contribution in [0.25, 0.3) is 0 Å². The molecule has 0 saturated carbocycles. The molecule has 0 heterocycles. The molecule has 0 fully saturated rings. The molecule has 0 unspecified atom stereocenters. The summed E-state index contributed by atoms with van der Waals surface area (Å²) >= 11 is 0. The lowest BCUT2D eigenvalue weighted by Gasteiger charge is -2.14. The van der Waals surface area contributed by atoms with Crippen molar-refractivity contribution in [3.63, 3.8) is 0 Å². The molecule has 2 aromatic rings. The van der Waals surface area contributed by atoms with Crippen LogP contribution in [0.1, 0.15) is 12.5 Å². The molecule has 2 aromatic carbocycles. The lowest BCUT2D eigenvalue weighted by molar-refractivity contribution is 0.386. The van der Waals surface area contributed by atoms with Crippen LogP contribution in [0.2, 0.25) is 0 Å². The fraction of sp³-hybridized carbons (Fsp3) is 0.278. The number of nitrogens with zero attached hydrogens (tertiary/aromatic N) is 2. The standard InChI is InChI=1S/C18H21F2N3O/c1-5-23(3)11-21-16-8-13(19)9-17(12(16)2)22-14-6-7-18(24-4)15(20)10-14/h6-11,22H,5H2,1-4H3/b21-11+. The maximum absolute atomic E-state index is 13.9. The van der Waals surface area contributed by atoms with Crippen LogP contribution in [0.3, 0.4) is 0 Å². The third kappa shape index (κ3) is 4.22. The number of anilines is 2. The first kappa shape index (κ1) is 17.7. The highest BCUT2D eigenvalue weighted by atomic mass is 19.1. The summed E-state index contributed by atoms with van der Waals surface area (Å²) in [6.45, 7) is 4.63. The number of aliphatic imine (C=N–C) groups is 1. The van der Waals surface area contributed by atoms with Crippen molar-refractivity contribution < 1.29 is 13.5 Å². The van der Waals surface area contributed by atoms with Gasteiger partial charge in [0.25, 0.3) is 0 Å². The normalized spacial score (nSPS) is 10.9. The summed E-state index contributed by atoms with van der Waals surface area (Å²) in [7, 11) is 3.29. The van der Waals surface area contributed by atoms with Gasteiger partial charge >= 0.3 is 0 Å². The average molecular weight is 333 g/mol. The maximum atomic E-state index is 13.9. The third-order valence-electron chi connectivity index (χ3n) is 3.67. The van der Waals surface area contributed by atoms with E-state index in [9.17, 15) is 8.78 Å². The van der Waals surface area contributed by atoms with Crippen molar-refractivity contribution in [3.8, 4) is 5.75 Å². The molecule has 1 N–H and O–H groups in total. The lowest BCUT2D eigenvalue weighted by Crippen LogP contribution is -2.14. The van der Waals surface area contributed by atoms with Gasteiger partial charge in [0.15, 0.2) is 11.6 Å². The molecular weight excluding hydrogens is 312 g/mol. The molecule has 0 aromatic heterocycles. The first-order valence-corrected chi connectivity index (χ1v) is 7.59. The topological polar surface area (TPSA) is 36.9 Å². The van der Waals surface area contributed by atoms with Crippen LogP contribution in [0.15, 0.2) is 35.3 Å². The van der Waals surface area contributed by atoms with Crippen LogP contribution in [0.5, 0.6) is 5.75 Å². The van der Waals surface area contributed by atoms with E-state index in [0.29, 0.717) is 17.1 Å².